The minimum atomic E-state index is -3.34. The molecule has 1 aromatic rings. The maximum atomic E-state index is 12.5. The molecule has 0 aliphatic heterocycles. The number of sulfonamides is 1. The van der Waals surface area contributed by atoms with Gasteiger partial charge in [-0.3, -0.25) is 4.99 Å². The van der Waals surface area contributed by atoms with Crippen molar-refractivity contribution in [2.45, 2.75) is 43.9 Å². The first-order valence-corrected chi connectivity index (χ1v) is 10.7. The van der Waals surface area contributed by atoms with E-state index in [0.717, 1.165) is 23.8 Å². The summed E-state index contributed by atoms with van der Waals surface area (Å²) in [5.41, 5.74) is 0. The topological polar surface area (TPSA) is 73.8 Å². The maximum Gasteiger partial charge on any atom is 0.252 e. The molecule has 2 atom stereocenters. The Labute approximate surface area is 149 Å². The molecule has 2 N–H and O–H groups in total. The summed E-state index contributed by atoms with van der Waals surface area (Å²) in [6.45, 7) is 7.66. The van der Waals surface area contributed by atoms with Gasteiger partial charge in [0.15, 0.2) is 5.96 Å². The second-order valence-electron chi connectivity index (χ2n) is 6.02. The van der Waals surface area contributed by atoms with Crippen LogP contribution >= 0.6 is 11.3 Å². The van der Waals surface area contributed by atoms with Gasteiger partial charge in [0.1, 0.15) is 4.21 Å². The van der Waals surface area contributed by atoms with Crippen molar-refractivity contribution in [3.8, 4) is 0 Å². The first-order chi connectivity index (χ1) is 11.4. The molecular weight excluding hydrogens is 344 g/mol. The Kier molecular flexibility index (Phi) is 6.65. The number of hydrogen-bond donors (Lipinski definition) is 2. The molecule has 136 valence electrons. The molecule has 1 aromatic heterocycles. The van der Waals surface area contributed by atoms with Gasteiger partial charge in [0.05, 0.1) is 0 Å². The van der Waals surface area contributed by atoms with Crippen molar-refractivity contribution >= 4 is 27.3 Å². The first kappa shape index (κ1) is 19.2. The van der Waals surface area contributed by atoms with Gasteiger partial charge >= 0.3 is 0 Å². The lowest BCUT2D eigenvalue weighted by Crippen LogP contribution is -2.39. The van der Waals surface area contributed by atoms with Crippen LogP contribution in [-0.4, -0.2) is 51.4 Å². The SMILES string of the molecule is CCN(CC)S(=O)(=O)c1ccc(CCNC(=NC)NC2CC2C)s1. The number of thiophene rings is 1. The van der Waals surface area contributed by atoms with Crippen LogP contribution in [0.25, 0.3) is 0 Å². The van der Waals surface area contributed by atoms with E-state index in [4.69, 9.17) is 0 Å². The van der Waals surface area contributed by atoms with E-state index < -0.39 is 10.0 Å². The summed E-state index contributed by atoms with van der Waals surface area (Å²) in [6.07, 6.45) is 1.97. The Balaban J connectivity index is 1.87. The van der Waals surface area contributed by atoms with E-state index in [1.165, 1.54) is 22.1 Å². The third-order valence-electron chi connectivity index (χ3n) is 4.26. The molecule has 2 rings (SSSR count). The van der Waals surface area contributed by atoms with Crippen LogP contribution in [-0.2, 0) is 16.4 Å². The van der Waals surface area contributed by atoms with E-state index in [-0.39, 0.29) is 0 Å². The minimum absolute atomic E-state index is 0.426. The molecule has 24 heavy (non-hydrogen) atoms. The molecular formula is C16H28N4O2S2. The summed E-state index contributed by atoms with van der Waals surface area (Å²) in [5.74, 6) is 1.53. The molecule has 0 bridgehead atoms. The third-order valence-corrected chi connectivity index (χ3v) is 7.92. The smallest absolute Gasteiger partial charge is 0.252 e. The van der Waals surface area contributed by atoms with Crippen molar-refractivity contribution < 1.29 is 8.42 Å². The van der Waals surface area contributed by atoms with Crippen LogP contribution in [0, 0.1) is 5.92 Å². The van der Waals surface area contributed by atoms with Crippen LogP contribution in [0.5, 0.6) is 0 Å². The fourth-order valence-corrected chi connectivity index (χ4v) is 5.49. The molecule has 1 heterocycles. The minimum Gasteiger partial charge on any atom is -0.356 e. The highest BCUT2D eigenvalue weighted by atomic mass is 32.2. The third kappa shape index (κ3) is 4.70. The summed E-state index contributed by atoms with van der Waals surface area (Å²) >= 11 is 1.35. The largest absolute Gasteiger partial charge is 0.356 e. The van der Waals surface area contributed by atoms with Crippen LogP contribution in [0.3, 0.4) is 0 Å². The molecule has 6 nitrogen and oxygen atoms in total. The predicted octanol–water partition coefficient (Wildman–Crippen LogP) is 1.89. The molecule has 1 fully saturated rings. The highest BCUT2D eigenvalue weighted by Gasteiger charge is 2.33. The number of hydrogen-bond acceptors (Lipinski definition) is 4. The van der Waals surface area contributed by atoms with Gasteiger partial charge in [-0.2, -0.15) is 4.31 Å². The average Bonchev–Trinajstić information content (AvgIpc) is 3.03. The van der Waals surface area contributed by atoms with Crippen molar-refractivity contribution in [1.82, 2.24) is 14.9 Å². The highest BCUT2D eigenvalue weighted by molar-refractivity contribution is 7.91. The highest BCUT2D eigenvalue weighted by Crippen LogP contribution is 2.28. The Bertz CT molecular complexity index is 665. The van der Waals surface area contributed by atoms with Crippen LogP contribution in [0.1, 0.15) is 32.1 Å². The van der Waals surface area contributed by atoms with Crippen LogP contribution in [0.15, 0.2) is 21.3 Å². The predicted molar refractivity (Wildman–Crippen MR) is 100 cm³/mol. The van der Waals surface area contributed by atoms with Gasteiger partial charge in [0, 0.05) is 37.6 Å². The van der Waals surface area contributed by atoms with E-state index >= 15 is 0 Å². The van der Waals surface area contributed by atoms with Crippen LogP contribution in [0.2, 0.25) is 0 Å². The fourth-order valence-electron chi connectivity index (χ4n) is 2.52. The first-order valence-electron chi connectivity index (χ1n) is 8.48. The quantitative estimate of drug-likeness (QED) is 0.540. The van der Waals surface area contributed by atoms with Crippen molar-refractivity contribution in [3.63, 3.8) is 0 Å². The Hall–Kier alpha value is -1.12. The average molecular weight is 373 g/mol. The Morgan fingerprint density at radius 3 is 2.58 bits per heavy atom. The van der Waals surface area contributed by atoms with Gasteiger partial charge < -0.3 is 10.6 Å². The zero-order valence-electron chi connectivity index (χ0n) is 14.9. The lowest BCUT2D eigenvalue weighted by atomic mass is 10.3. The van der Waals surface area contributed by atoms with Crippen molar-refractivity contribution in [3.05, 3.63) is 17.0 Å². The molecule has 0 saturated heterocycles. The van der Waals surface area contributed by atoms with E-state index in [2.05, 4.69) is 22.5 Å². The van der Waals surface area contributed by atoms with E-state index in [9.17, 15) is 8.42 Å². The monoisotopic (exact) mass is 372 g/mol. The molecule has 1 aliphatic rings. The van der Waals surface area contributed by atoms with Gasteiger partial charge in [0.25, 0.3) is 10.0 Å². The summed E-state index contributed by atoms with van der Waals surface area (Å²) < 4.78 is 26.9. The Morgan fingerprint density at radius 1 is 1.38 bits per heavy atom. The number of guanidine groups is 1. The molecule has 8 heteroatoms. The van der Waals surface area contributed by atoms with Gasteiger partial charge in [-0.05, 0) is 30.9 Å². The lowest BCUT2D eigenvalue weighted by Gasteiger charge is -2.16. The molecule has 1 aliphatic carbocycles. The summed E-state index contributed by atoms with van der Waals surface area (Å²) in [6, 6.07) is 4.15. The summed E-state index contributed by atoms with van der Waals surface area (Å²) in [5, 5.41) is 6.66. The zero-order valence-corrected chi connectivity index (χ0v) is 16.5. The van der Waals surface area contributed by atoms with Gasteiger partial charge in [-0.1, -0.05) is 20.8 Å². The summed E-state index contributed by atoms with van der Waals surface area (Å²) in [7, 11) is -1.58. The number of aliphatic imine (C=N–C) groups is 1. The molecule has 2 unspecified atom stereocenters. The fraction of sp³-hybridized carbons (Fsp3) is 0.688. The molecule has 0 radical (unpaired) electrons. The Morgan fingerprint density at radius 2 is 2.04 bits per heavy atom. The van der Waals surface area contributed by atoms with E-state index in [0.29, 0.717) is 29.3 Å². The van der Waals surface area contributed by atoms with Crippen LogP contribution < -0.4 is 10.6 Å². The second kappa shape index (κ2) is 8.31. The number of nitrogens with zero attached hydrogens (tertiary/aromatic N) is 2. The number of rotatable bonds is 8. The lowest BCUT2D eigenvalue weighted by molar-refractivity contribution is 0.447. The van der Waals surface area contributed by atoms with E-state index in [1.54, 1.807) is 13.1 Å². The van der Waals surface area contributed by atoms with Gasteiger partial charge in [0.2, 0.25) is 0 Å². The molecule has 0 amide bonds. The zero-order chi connectivity index (χ0) is 17.7. The van der Waals surface area contributed by atoms with Gasteiger partial charge in [-0.25, -0.2) is 8.42 Å². The normalized spacial score (nSPS) is 21.1. The molecule has 0 aromatic carbocycles. The summed E-state index contributed by atoms with van der Waals surface area (Å²) in [4.78, 5) is 5.28. The molecule has 1 saturated carbocycles. The van der Waals surface area contributed by atoms with E-state index in [1.807, 2.05) is 19.9 Å². The van der Waals surface area contributed by atoms with Crippen molar-refractivity contribution in [2.75, 3.05) is 26.7 Å². The van der Waals surface area contributed by atoms with Gasteiger partial charge in [-0.15, -0.1) is 11.3 Å². The van der Waals surface area contributed by atoms with Crippen molar-refractivity contribution in [1.29, 1.82) is 0 Å². The molecule has 0 spiro atoms. The maximum absolute atomic E-state index is 12.5. The second-order valence-corrected chi connectivity index (χ2v) is 9.36. The van der Waals surface area contributed by atoms with Crippen molar-refractivity contribution in [2.24, 2.45) is 10.9 Å². The standard InChI is InChI=1S/C16H28N4O2S2/c1-5-20(6-2)24(21,22)15-8-7-13(23-15)9-10-18-16(17-4)19-14-11-12(14)3/h7-8,12,14H,5-6,9-11H2,1-4H3,(H2,17,18,19). The van der Waals surface area contributed by atoms with Crippen LogP contribution in [0.4, 0.5) is 0 Å². The number of nitrogens with one attached hydrogen (secondary N) is 2.